The van der Waals surface area contributed by atoms with Crippen molar-refractivity contribution in [1.82, 2.24) is 10.3 Å². The summed E-state index contributed by atoms with van der Waals surface area (Å²) in [5, 5.41) is 12.6. The van der Waals surface area contributed by atoms with Crippen molar-refractivity contribution in [3.05, 3.63) is 72.0 Å². The summed E-state index contributed by atoms with van der Waals surface area (Å²) in [5.74, 6) is 1.07. The molecule has 0 spiro atoms. The Morgan fingerprint density at radius 3 is 2.83 bits per heavy atom. The molecular formula is C22H23FN2O4. The highest BCUT2D eigenvalue weighted by molar-refractivity contribution is 5.76. The second kappa shape index (κ2) is 9.84. The minimum absolute atomic E-state index is 0.0878. The number of amides is 1. The Kier molecular flexibility index (Phi) is 6.97. The molecule has 1 amide bonds. The molecule has 3 rings (SSSR count). The Morgan fingerprint density at radius 1 is 1.28 bits per heavy atom. The monoisotopic (exact) mass is 398 g/mol. The zero-order chi connectivity index (χ0) is 20.6. The van der Waals surface area contributed by atoms with Crippen LogP contribution < -0.4 is 10.1 Å². The molecule has 1 aromatic heterocycles. The lowest BCUT2D eigenvalue weighted by Gasteiger charge is -2.13. The normalized spacial score (nSPS) is 11.8. The van der Waals surface area contributed by atoms with E-state index in [1.165, 1.54) is 12.1 Å². The van der Waals surface area contributed by atoms with Crippen LogP contribution in [-0.2, 0) is 11.2 Å². The number of oxazole rings is 1. The zero-order valence-corrected chi connectivity index (χ0v) is 16.1. The molecule has 152 valence electrons. The van der Waals surface area contributed by atoms with Gasteiger partial charge in [0.2, 0.25) is 5.91 Å². The third kappa shape index (κ3) is 6.43. The topological polar surface area (TPSA) is 84.6 Å². The maximum absolute atomic E-state index is 13.0. The largest absolute Gasteiger partial charge is 0.491 e. The van der Waals surface area contributed by atoms with Crippen LogP contribution in [0.1, 0.15) is 17.9 Å². The number of aliphatic hydroxyl groups is 1. The van der Waals surface area contributed by atoms with Gasteiger partial charge in [-0.3, -0.25) is 4.79 Å². The van der Waals surface area contributed by atoms with E-state index >= 15 is 0 Å². The van der Waals surface area contributed by atoms with Crippen molar-refractivity contribution in [2.24, 2.45) is 0 Å². The molecule has 0 saturated heterocycles. The van der Waals surface area contributed by atoms with Crippen molar-refractivity contribution in [3.8, 4) is 17.1 Å². The van der Waals surface area contributed by atoms with Crippen LogP contribution in [-0.4, -0.2) is 35.3 Å². The van der Waals surface area contributed by atoms with Gasteiger partial charge in [-0.1, -0.05) is 12.1 Å². The Morgan fingerprint density at radius 2 is 2.07 bits per heavy atom. The molecule has 1 atom stereocenters. The number of aromatic nitrogens is 1. The van der Waals surface area contributed by atoms with Crippen LogP contribution in [0.15, 0.2) is 59.1 Å². The molecule has 7 heteroatoms. The Bertz CT molecular complexity index is 940. The Labute approximate surface area is 168 Å². The number of carbonyl (C=O) groups is 1. The summed E-state index contributed by atoms with van der Waals surface area (Å²) in [7, 11) is 0. The quantitative estimate of drug-likeness (QED) is 0.578. The minimum Gasteiger partial charge on any atom is -0.491 e. The van der Waals surface area contributed by atoms with E-state index < -0.39 is 6.10 Å². The Balaban J connectivity index is 1.38. The molecule has 1 unspecified atom stereocenters. The number of aryl methyl sites for hydroxylation is 2. The van der Waals surface area contributed by atoms with Gasteiger partial charge in [-0.25, -0.2) is 9.37 Å². The highest BCUT2D eigenvalue weighted by Crippen LogP contribution is 2.21. The lowest BCUT2D eigenvalue weighted by Crippen LogP contribution is -2.35. The lowest BCUT2D eigenvalue weighted by atomic mass is 10.2. The minimum atomic E-state index is -0.814. The van der Waals surface area contributed by atoms with Gasteiger partial charge in [-0.05, 0) is 48.9 Å². The van der Waals surface area contributed by atoms with Gasteiger partial charge in [0.05, 0.1) is 6.20 Å². The summed E-state index contributed by atoms with van der Waals surface area (Å²) in [4.78, 5) is 16.1. The third-order valence-electron chi connectivity index (χ3n) is 4.22. The predicted molar refractivity (Wildman–Crippen MR) is 106 cm³/mol. The molecule has 0 bridgehead atoms. The maximum atomic E-state index is 13.0. The zero-order valence-electron chi connectivity index (χ0n) is 16.1. The van der Waals surface area contributed by atoms with E-state index in [0.29, 0.717) is 29.4 Å². The van der Waals surface area contributed by atoms with Crippen LogP contribution >= 0.6 is 0 Å². The number of carbonyl (C=O) groups excluding carboxylic acids is 1. The van der Waals surface area contributed by atoms with E-state index in [0.717, 1.165) is 5.56 Å². The summed E-state index contributed by atoms with van der Waals surface area (Å²) in [6.07, 6.45) is 1.23. The van der Waals surface area contributed by atoms with Gasteiger partial charge in [0, 0.05) is 24.9 Å². The van der Waals surface area contributed by atoms with E-state index in [1.807, 2.05) is 31.2 Å². The number of aliphatic hydroxyl groups excluding tert-OH is 1. The SMILES string of the molecule is Cc1cccc(OCC(O)CNC(=O)CCc2ncc(-c3ccc(F)cc3)o2)c1. The number of halogens is 1. The van der Waals surface area contributed by atoms with Gasteiger partial charge in [0.1, 0.15) is 24.3 Å². The summed E-state index contributed by atoms with van der Waals surface area (Å²) < 4.78 is 24.1. The van der Waals surface area contributed by atoms with Crippen LogP contribution in [0.3, 0.4) is 0 Å². The molecule has 29 heavy (non-hydrogen) atoms. The van der Waals surface area contributed by atoms with Gasteiger partial charge in [0.15, 0.2) is 11.7 Å². The van der Waals surface area contributed by atoms with Crippen molar-refractivity contribution in [3.63, 3.8) is 0 Å². The number of rotatable bonds is 9. The first-order chi connectivity index (χ1) is 14.0. The summed E-state index contributed by atoms with van der Waals surface area (Å²) in [6, 6.07) is 13.4. The van der Waals surface area contributed by atoms with Crippen molar-refractivity contribution in [2.75, 3.05) is 13.2 Å². The third-order valence-corrected chi connectivity index (χ3v) is 4.22. The molecular weight excluding hydrogens is 375 g/mol. The number of nitrogens with one attached hydrogen (secondary N) is 1. The molecule has 0 aliphatic heterocycles. The van der Waals surface area contributed by atoms with Crippen molar-refractivity contribution < 1.29 is 23.4 Å². The van der Waals surface area contributed by atoms with Gasteiger partial charge >= 0.3 is 0 Å². The predicted octanol–water partition coefficient (Wildman–Crippen LogP) is 3.28. The van der Waals surface area contributed by atoms with Gasteiger partial charge in [-0.2, -0.15) is 0 Å². The molecule has 2 N–H and O–H groups in total. The van der Waals surface area contributed by atoms with Crippen LogP contribution in [0.4, 0.5) is 4.39 Å². The summed E-state index contributed by atoms with van der Waals surface area (Å²) in [5.41, 5.74) is 1.78. The van der Waals surface area contributed by atoms with Crippen molar-refractivity contribution in [1.29, 1.82) is 0 Å². The fourth-order valence-electron chi connectivity index (χ4n) is 2.67. The molecule has 2 aromatic carbocycles. The van der Waals surface area contributed by atoms with E-state index in [4.69, 9.17) is 9.15 Å². The molecule has 0 aliphatic rings. The van der Waals surface area contributed by atoms with E-state index in [9.17, 15) is 14.3 Å². The molecule has 3 aromatic rings. The Hall–Kier alpha value is -3.19. The molecule has 1 heterocycles. The van der Waals surface area contributed by atoms with Crippen LogP contribution in [0.2, 0.25) is 0 Å². The first kappa shape index (κ1) is 20.5. The molecule has 0 saturated carbocycles. The molecule has 6 nitrogen and oxygen atoms in total. The first-order valence-corrected chi connectivity index (χ1v) is 9.34. The molecule has 0 radical (unpaired) electrons. The van der Waals surface area contributed by atoms with Crippen LogP contribution in [0.5, 0.6) is 5.75 Å². The number of hydrogen-bond donors (Lipinski definition) is 2. The van der Waals surface area contributed by atoms with E-state index in [2.05, 4.69) is 10.3 Å². The smallest absolute Gasteiger partial charge is 0.220 e. The van der Waals surface area contributed by atoms with E-state index in [1.54, 1.807) is 18.3 Å². The summed E-state index contributed by atoms with van der Waals surface area (Å²) >= 11 is 0. The second-order valence-electron chi connectivity index (χ2n) is 6.71. The second-order valence-corrected chi connectivity index (χ2v) is 6.71. The molecule has 0 fully saturated rings. The van der Waals surface area contributed by atoms with Gasteiger partial charge < -0.3 is 19.6 Å². The fourth-order valence-corrected chi connectivity index (χ4v) is 2.67. The van der Waals surface area contributed by atoms with E-state index in [-0.39, 0.29) is 31.3 Å². The molecule has 0 aliphatic carbocycles. The number of nitrogens with zero attached hydrogens (tertiary/aromatic N) is 1. The van der Waals surface area contributed by atoms with Crippen molar-refractivity contribution >= 4 is 5.91 Å². The van der Waals surface area contributed by atoms with Gasteiger partial charge in [-0.15, -0.1) is 0 Å². The fraction of sp³-hybridized carbons (Fsp3) is 0.273. The number of ether oxygens (including phenoxy) is 1. The summed E-state index contributed by atoms with van der Waals surface area (Å²) in [6.45, 7) is 2.14. The van der Waals surface area contributed by atoms with Crippen molar-refractivity contribution in [2.45, 2.75) is 25.9 Å². The lowest BCUT2D eigenvalue weighted by molar-refractivity contribution is -0.121. The first-order valence-electron chi connectivity index (χ1n) is 9.34. The number of benzene rings is 2. The van der Waals surface area contributed by atoms with Crippen LogP contribution in [0.25, 0.3) is 11.3 Å². The highest BCUT2D eigenvalue weighted by Gasteiger charge is 2.11. The van der Waals surface area contributed by atoms with Crippen LogP contribution in [0, 0.1) is 12.7 Å². The number of hydrogen-bond acceptors (Lipinski definition) is 5. The standard InChI is InChI=1S/C22H23FN2O4/c1-15-3-2-4-19(11-15)28-14-18(26)12-24-21(27)9-10-22-25-13-20(29-22)16-5-7-17(23)8-6-16/h2-8,11,13,18,26H,9-10,12,14H2,1H3,(H,24,27). The highest BCUT2D eigenvalue weighted by atomic mass is 19.1. The van der Waals surface area contributed by atoms with Gasteiger partial charge in [0.25, 0.3) is 0 Å². The maximum Gasteiger partial charge on any atom is 0.220 e. The average Bonchev–Trinajstić information content (AvgIpc) is 3.19. The average molecular weight is 398 g/mol.